The largest absolute Gasteiger partial charge is 0.347 e. The molecule has 0 aliphatic heterocycles. The second kappa shape index (κ2) is 7.12. The number of nitrogens with one attached hydrogen (secondary N) is 1. The highest BCUT2D eigenvalue weighted by molar-refractivity contribution is 9.10. The summed E-state index contributed by atoms with van der Waals surface area (Å²) in [7, 11) is 0. The van der Waals surface area contributed by atoms with Gasteiger partial charge < -0.3 is 11.1 Å². The van der Waals surface area contributed by atoms with Crippen molar-refractivity contribution in [2.75, 3.05) is 6.54 Å². The minimum absolute atomic E-state index is 0. The van der Waals surface area contributed by atoms with Gasteiger partial charge in [0.2, 0.25) is 5.91 Å². The van der Waals surface area contributed by atoms with Crippen molar-refractivity contribution in [1.82, 2.24) is 5.32 Å². The Morgan fingerprint density at radius 2 is 1.89 bits per heavy atom. The summed E-state index contributed by atoms with van der Waals surface area (Å²) in [6, 6.07) is 7.93. The standard InChI is InChI=1S/C13H19BrN2O.ClH/c1-9(8-15)12(17)16-13(2,3)10-4-6-11(14)7-5-10;/h4-7,9H,8,15H2,1-3H3,(H,16,17);1H. The lowest BCUT2D eigenvalue weighted by molar-refractivity contribution is -0.125. The Balaban J connectivity index is 0.00000289. The van der Waals surface area contributed by atoms with Crippen molar-refractivity contribution < 1.29 is 4.79 Å². The van der Waals surface area contributed by atoms with E-state index in [2.05, 4.69) is 21.2 Å². The summed E-state index contributed by atoms with van der Waals surface area (Å²) in [6.45, 7) is 6.16. The van der Waals surface area contributed by atoms with Crippen molar-refractivity contribution in [3.8, 4) is 0 Å². The van der Waals surface area contributed by atoms with Gasteiger partial charge in [0.1, 0.15) is 0 Å². The van der Waals surface area contributed by atoms with Gasteiger partial charge in [-0.05, 0) is 31.5 Å². The fourth-order valence-corrected chi connectivity index (χ4v) is 1.74. The minimum Gasteiger partial charge on any atom is -0.347 e. The molecule has 1 aromatic rings. The Kier molecular flexibility index (Phi) is 6.89. The lowest BCUT2D eigenvalue weighted by atomic mass is 9.93. The van der Waals surface area contributed by atoms with Crippen molar-refractivity contribution in [3.05, 3.63) is 34.3 Å². The average molecular weight is 336 g/mol. The van der Waals surface area contributed by atoms with Crippen LogP contribution in [0.25, 0.3) is 0 Å². The number of amides is 1. The molecular formula is C13H20BrClN2O. The van der Waals surface area contributed by atoms with Crippen LogP contribution in [-0.4, -0.2) is 12.5 Å². The van der Waals surface area contributed by atoms with Gasteiger partial charge in [-0.25, -0.2) is 0 Å². The van der Waals surface area contributed by atoms with Crippen LogP contribution < -0.4 is 11.1 Å². The van der Waals surface area contributed by atoms with E-state index in [9.17, 15) is 4.79 Å². The van der Waals surface area contributed by atoms with E-state index in [1.807, 2.05) is 45.0 Å². The summed E-state index contributed by atoms with van der Waals surface area (Å²) < 4.78 is 1.03. The first kappa shape index (κ1) is 17.4. The molecule has 1 unspecified atom stereocenters. The average Bonchev–Trinajstić information content (AvgIpc) is 2.27. The Bertz CT molecular complexity index is 392. The Labute approximate surface area is 123 Å². The molecule has 1 atom stereocenters. The summed E-state index contributed by atoms with van der Waals surface area (Å²) >= 11 is 3.39. The second-order valence-electron chi connectivity index (χ2n) is 4.76. The number of carbonyl (C=O) groups excluding carboxylic acids is 1. The molecule has 0 saturated carbocycles. The predicted molar refractivity (Wildman–Crippen MR) is 80.8 cm³/mol. The molecule has 0 bridgehead atoms. The number of nitrogens with two attached hydrogens (primary N) is 1. The van der Waals surface area contributed by atoms with E-state index in [4.69, 9.17) is 5.73 Å². The van der Waals surface area contributed by atoms with Crippen LogP contribution in [-0.2, 0) is 10.3 Å². The van der Waals surface area contributed by atoms with Gasteiger partial charge in [0.25, 0.3) is 0 Å². The van der Waals surface area contributed by atoms with E-state index in [-0.39, 0.29) is 29.8 Å². The highest BCUT2D eigenvalue weighted by Gasteiger charge is 2.24. The molecule has 102 valence electrons. The van der Waals surface area contributed by atoms with Crippen LogP contribution in [0, 0.1) is 5.92 Å². The monoisotopic (exact) mass is 334 g/mol. The third-order valence-corrected chi connectivity index (χ3v) is 3.33. The molecule has 0 aliphatic carbocycles. The molecule has 0 heterocycles. The van der Waals surface area contributed by atoms with Crippen molar-refractivity contribution in [2.45, 2.75) is 26.3 Å². The third-order valence-electron chi connectivity index (χ3n) is 2.80. The van der Waals surface area contributed by atoms with E-state index >= 15 is 0 Å². The maximum atomic E-state index is 11.8. The first-order valence-corrected chi connectivity index (χ1v) is 6.44. The van der Waals surface area contributed by atoms with Crippen LogP contribution in [0.4, 0.5) is 0 Å². The van der Waals surface area contributed by atoms with Crippen molar-refractivity contribution in [3.63, 3.8) is 0 Å². The SMILES string of the molecule is CC(CN)C(=O)NC(C)(C)c1ccc(Br)cc1.Cl. The topological polar surface area (TPSA) is 55.1 Å². The maximum absolute atomic E-state index is 11.8. The summed E-state index contributed by atoms with van der Waals surface area (Å²) in [6.07, 6.45) is 0. The number of halogens is 2. The molecule has 0 spiro atoms. The molecule has 1 amide bonds. The fraction of sp³-hybridized carbons (Fsp3) is 0.462. The lowest BCUT2D eigenvalue weighted by Crippen LogP contribution is -2.44. The zero-order valence-electron chi connectivity index (χ0n) is 10.9. The van der Waals surface area contributed by atoms with Crippen molar-refractivity contribution in [1.29, 1.82) is 0 Å². The van der Waals surface area contributed by atoms with Gasteiger partial charge in [-0.15, -0.1) is 12.4 Å². The molecule has 5 heteroatoms. The number of benzene rings is 1. The smallest absolute Gasteiger partial charge is 0.224 e. The molecular weight excluding hydrogens is 316 g/mol. The van der Waals surface area contributed by atoms with Crippen LogP contribution in [0.5, 0.6) is 0 Å². The number of rotatable bonds is 4. The second-order valence-corrected chi connectivity index (χ2v) is 5.67. The van der Waals surface area contributed by atoms with E-state index < -0.39 is 0 Å². The molecule has 0 fully saturated rings. The van der Waals surface area contributed by atoms with E-state index in [1.165, 1.54) is 0 Å². The van der Waals surface area contributed by atoms with Gasteiger partial charge in [-0.2, -0.15) is 0 Å². The normalized spacial score (nSPS) is 12.5. The molecule has 1 aromatic carbocycles. The Morgan fingerprint density at radius 1 is 1.39 bits per heavy atom. The third kappa shape index (κ3) is 4.59. The molecule has 0 aromatic heterocycles. The van der Waals surface area contributed by atoms with Gasteiger partial charge >= 0.3 is 0 Å². The highest BCUT2D eigenvalue weighted by atomic mass is 79.9. The summed E-state index contributed by atoms with van der Waals surface area (Å²) in [5.41, 5.74) is 6.16. The molecule has 0 aliphatic rings. The zero-order valence-corrected chi connectivity index (χ0v) is 13.3. The van der Waals surface area contributed by atoms with E-state index in [0.29, 0.717) is 6.54 Å². The van der Waals surface area contributed by atoms with Gasteiger partial charge in [0.05, 0.1) is 5.54 Å². The zero-order chi connectivity index (χ0) is 13.1. The molecule has 1 rings (SSSR count). The highest BCUT2D eigenvalue weighted by Crippen LogP contribution is 2.22. The van der Waals surface area contributed by atoms with Crippen LogP contribution in [0.15, 0.2) is 28.7 Å². The summed E-state index contributed by atoms with van der Waals surface area (Å²) in [5, 5.41) is 3.01. The van der Waals surface area contributed by atoms with Crippen LogP contribution in [0.1, 0.15) is 26.3 Å². The lowest BCUT2D eigenvalue weighted by Gasteiger charge is -2.28. The van der Waals surface area contributed by atoms with Gasteiger partial charge in [0, 0.05) is 16.9 Å². The van der Waals surface area contributed by atoms with Crippen molar-refractivity contribution >= 4 is 34.2 Å². The summed E-state index contributed by atoms with van der Waals surface area (Å²) in [4.78, 5) is 11.8. The van der Waals surface area contributed by atoms with E-state index in [0.717, 1.165) is 10.0 Å². The fourth-order valence-electron chi connectivity index (χ4n) is 1.48. The molecule has 3 N–H and O–H groups in total. The number of hydrogen-bond donors (Lipinski definition) is 2. The first-order valence-electron chi connectivity index (χ1n) is 5.65. The van der Waals surface area contributed by atoms with Crippen LogP contribution in [0.3, 0.4) is 0 Å². The van der Waals surface area contributed by atoms with Crippen LogP contribution >= 0.6 is 28.3 Å². The minimum atomic E-state index is -0.388. The maximum Gasteiger partial charge on any atom is 0.224 e. The Hall–Kier alpha value is -0.580. The first-order chi connectivity index (χ1) is 7.86. The molecule has 18 heavy (non-hydrogen) atoms. The van der Waals surface area contributed by atoms with E-state index in [1.54, 1.807) is 0 Å². The molecule has 0 saturated heterocycles. The van der Waals surface area contributed by atoms with Gasteiger partial charge in [-0.3, -0.25) is 4.79 Å². The van der Waals surface area contributed by atoms with Crippen molar-refractivity contribution in [2.24, 2.45) is 11.7 Å². The quantitative estimate of drug-likeness (QED) is 0.889. The number of hydrogen-bond acceptors (Lipinski definition) is 2. The number of carbonyl (C=O) groups is 1. The Morgan fingerprint density at radius 3 is 2.33 bits per heavy atom. The molecule has 0 radical (unpaired) electrons. The summed E-state index contributed by atoms with van der Waals surface area (Å²) in [5.74, 6) is -0.176. The van der Waals surface area contributed by atoms with Gasteiger partial charge in [-0.1, -0.05) is 35.0 Å². The van der Waals surface area contributed by atoms with Crippen LogP contribution in [0.2, 0.25) is 0 Å². The van der Waals surface area contributed by atoms with Gasteiger partial charge in [0.15, 0.2) is 0 Å². The predicted octanol–water partition coefficient (Wildman–Crippen LogP) is 2.82. The molecule has 3 nitrogen and oxygen atoms in total.